The van der Waals surface area contributed by atoms with E-state index < -0.39 is 0 Å². The summed E-state index contributed by atoms with van der Waals surface area (Å²) in [5.41, 5.74) is 12.1. The van der Waals surface area contributed by atoms with E-state index in [0.717, 1.165) is 0 Å². The lowest BCUT2D eigenvalue weighted by molar-refractivity contribution is 0.556. The Morgan fingerprint density at radius 3 is 1.93 bits per heavy atom. The highest BCUT2D eigenvalue weighted by atomic mass is 14.7. The Morgan fingerprint density at radius 2 is 1.60 bits per heavy atom. The molecule has 1 unspecified atom stereocenters. The molecule has 1 nitrogen and oxygen atoms in total. The summed E-state index contributed by atoms with van der Waals surface area (Å²) in [5.74, 6) is 0. The fourth-order valence-corrected chi connectivity index (χ4v) is 2.46. The Kier molecular flexibility index (Phi) is 2.38. The lowest BCUT2D eigenvalue weighted by Gasteiger charge is -2.22. The molecule has 2 rings (SSSR count). The normalized spacial score (nSPS) is 20.1. The van der Waals surface area contributed by atoms with Gasteiger partial charge in [-0.1, -0.05) is 12.1 Å². The van der Waals surface area contributed by atoms with Gasteiger partial charge >= 0.3 is 0 Å². The summed E-state index contributed by atoms with van der Waals surface area (Å²) in [7, 11) is 0. The Balaban J connectivity index is 2.47. The van der Waals surface area contributed by atoms with Gasteiger partial charge in [0.25, 0.3) is 0 Å². The standard InChI is InChI=1S/C14H21N/c1-9-7-13(8-10(2)11(9)3)14(5-6-14)12(4)15/h7-8,12H,5-6,15H2,1-4H3. The first-order valence-corrected chi connectivity index (χ1v) is 5.81. The highest BCUT2D eigenvalue weighted by molar-refractivity contribution is 5.43. The average molecular weight is 203 g/mol. The molecule has 1 aromatic carbocycles. The van der Waals surface area contributed by atoms with Crippen molar-refractivity contribution in [2.24, 2.45) is 5.73 Å². The molecule has 1 heteroatoms. The maximum absolute atomic E-state index is 6.10. The van der Waals surface area contributed by atoms with Crippen molar-refractivity contribution in [3.05, 3.63) is 34.4 Å². The number of hydrogen-bond donors (Lipinski definition) is 1. The van der Waals surface area contributed by atoms with Crippen molar-refractivity contribution in [3.8, 4) is 0 Å². The summed E-state index contributed by atoms with van der Waals surface area (Å²) in [6, 6.07) is 4.94. The topological polar surface area (TPSA) is 26.0 Å². The van der Waals surface area contributed by atoms with Crippen LogP contribution in [-0.4, -0.2) is 6.04 Å². The summed E-state index contributed by atoms with van der Waals surface area (Å²) in [5, 5.41) is 0. The van der Waals surface area contributed by atoms with E-state index in [1.54, 1.807) is 0 Å². The maximum atomic E-state index is 6.10. The predicted octanol–water partition coefficient (Wildman–Crippen LogP) is 2.99. The van der Waals surface area contributed by atoms with Crippen LogP contribution < -0.4 is 5.73 Å². The summed E-state index contributed by atoms with van der Waals surface area (Å²) in [6.07, 6.45) is 2.51. The molecule has 0 aromatic heterocycles. The molecular formula is C14H21N. The van der Waals surface area contributed by atoms with Crippen LogP contribution in [0.4, 0.5) is 0 Å². The molecule has 1 saturated carbocycles. The van der Waals surface area contributed by atoms with Crippen LogP contribution in [0.5, 0.6) is 0 Å². The minimum atomic E-state index is 0.277. The molecule has 1 aliphatic carbocycles. The molecule has 1 aliphatic rings. The first-order chi connectivity index (χ1) is 6.97. The fraction of sp³-hybridized carbons (Fsp3) is 0.571. The van der Waals surface area contributed by atoms with E-state index in [9.17, 15) is 0 Å². The monoisotopic (exact) mass is 203 g/mol. The van der Waals surface area contributed by atoms with Gasteiger partial charge in [0.05, 0.1) is 0 Å². The van der Waals surface area contributed by atoms with Gasteiger partial charge in [-0.2, -0.15) is 0 Å². The molecule has 1 fully saturated rings. The molecule has 0 bridgehead atoms. The van der Waals surface area contributed by atoms with Crippen molar-refractivity contribution < 1.29 is 0 Å². The number of aryl methyl sites for hydroxylation is 2. The van der Waals surface area contributed by atoms with E-state index in [2.05, 4.69) is 39.8 Å². The molecule has 0 heterocycles. The van der Waals surface area contributed by atoms with Crippen LogP contribution in [-0.2, 0) is 5.41 Å². The van der Waals surface area contributed by atoms with Gasteiger partial charge in [0, 0.05) is 11.5 Å². The summed E-state index contributed by atoms with van der Waals surface area (Å²) in [6.45, 7) is 8.73. The van der Waals surface area contributed by atoms with E-state index in [4.69, 9.17) is 5.73 Å². The largest absolute Gasteiger partial charge is 0.327 e. The zero-order valence-corrected chi connectivity index (χ0v) is 10.2. The van der Waals surface area contributed by atoms with E-state index in [0.29, 0.717) is 5.41 Å². The van der Waals surface area contributed by atoms with Crippen molar-refractivity contribution >= 4 is 0 Å². The van der Waals surface area contributed by atoms with Crippen molar-refractivity contribution in [3.63, 3.8) is 0 Å². The molecule has 1 atom stereocenters. The van der Waals surface area contributed by atoms with Crippen molar-refractivity contribution in [2.75, 3.05) is 0 Å². The maximum Gasteiger partial charge on any atom is 0.0108 e. The summed E-state index contributed by atoms with van der Waals surface area (Å²) < 4.78 is 0. The third-order valence-electron chi connectivity index (χ3n) is 4.16. The number of benzene rings is 1. The molecule has 0 radical (unpaired) electrons. The number of rotatable bonds is 2. The zero-order valence-electron chi connectivity index (χ0n) is 10.2. The van der Waals surface area contributed by atoms with Gasteiger partial charge in [-0.15, -0.1) is 0 Å². The van der Waals surface area contributed by atoms with Crippen LogP contribution in [0.2, 0.25) is 0 Å². The highest BCUT2D eigenvalue weighted by Gasteiger charge is 2.47. The van der Waals surface area contributed by atoms with Crippen molar-refractivity contribution in [1.82, 2.24) is 0 Å². The lowest BCUT2D eigenvalue weighted by Crippen LogP contribution is -2.31. The van der Waals surface area contributed by atoms with Crippen LogP contribution in [0.3, 0.4) is 0 Å². The Labute approximate surface area is 92.7 Å². The van der Waals surface area contributed by atoms with Crippen molar-refractivity contribution in [2.45, 2.75) is 52.0 Å². The first kappa shape index (κ1) is 10.7. The van der Waals surface area contributed by atoms with Gasteiger partial charge in [0.2, 0.25) is 0 Å². The number of nitrogens with two attached hydrogens (primary N) is 1. The zero-order chi connectivity index (χ0) is 11.2. The van der Waals surface area contributed by atoms with Gasteiger partial charge in [-0.3, -0.25) is 0 Å². The second-order valence-electron chi connectivity index (χ2n) is 5.18. The molecule has 82 valence electrons. The van der Waals surface area contributed by atoms with Crippen LogP contribution in [0.25, 0.3) is 0 Å². The molecule has 15 heavy (non-hydrogen) atoms. The smallest absolute Gasteiger partial charge is 0.0108 e. The van der Waals surface area contributed by atoms with Crippen LogP contribution >= 0.6 is 0 Å². The highest BCUT2D eigenvalue weighted by Crippen LogP contribution is 2.50. The molecule has 2 N–H and O–H groups in total. The predicted molar refractivity (Wildman–Crippen MR) is 65.2 cm³/mol. The van der Waals surface area contributed by atoms with E-state index >= 15 is 0 Å². The van der Waals surface area contributed by atoms with Crippen LogP contribution in [0, 0.1) is 20.8 Å². The van der Waals surface area contributed by atoms with E-state index in [-0.39, 0.29) is 6.04 Å². The summed E-state index contributed by atoms with van der Waals surface area (Å²) in [4.78, 5) is 0. The SMILES string of the molecule is Cc1cc(C2(C(C)N)CC2)cc(C)c1C. The average Bonchev–Trinajstić information content (AvgIpc) is 2.93. The lowest BCUT2D eigenvalue weighted by atomic mass is 9.86. The first-order valence-electron chi connectivity index (χ1n) is 5.81. The van der Waals surface area contributed by atoms with E-state index in [1.165, 1.54) is 35.1 Å². The molecular weight excluding hydrogens is 182 g/mol. The summed E-state index contributed by atoms with van der Waals surface area (Å²) >= 11 is 0. The molecule has 0 saturated heterocycles. The Hall–Kier alpha value is -0.820. The van der Waals surface area contributed by atoms with Crippen LogP contribution in [0.1, 0.15) is 42.0 Å². The minimum absolute atomic E-state index is 0.277. The quantitative estimate of drug-likeness (QED) is 0.785. The minimum Gasteiger partial charge on any atom is -0.327 e. The molecule has 0 aliphatic heterocycles. The Morgan fingerprint density at radius 1 is 1.13 bits per heavy atom. The van der Waals surface area contributed by atoms with Gasteiger partial charge in [-0.05, 0) is 62.8 Å². The molecule has 1 aromatic rings. The third-order valence-corrected chi connectivity index (χ3v) is 4.16. The fourth-order valence-electron chi connectivity index (χ4n) is 2.46. The molecule has 0 spiro atoms. The van der Waals surface area contributed by atoms with Gasteiger partial charge < -0.3 is 5.73 Å². The van der Waals surface area contributed by atoms with Gasteiger partial charge in [0.1, 0.15) is 0 Å². The van der Waals surface area contributed by atoms with Gasteiger partial charge in [-0.25, -0.2) is 0 Å². The van der Waals surface area contributed by atoms with Crippen molar-refractivity contribution in [1.29, 1.82) is 0 Å². The third kappa shape index (κ3) is 1.59. The second-order valence-corrected chi connectivity index (χ2v) is 5.18. The Bertz CT molecular complexity index is 363. The second kappa shape index (κ2) is 3.34. The number of hydrogen-bond acceptors (Lipinski definition) is 1. The van der Waals surface area contributed by atoms with E-state index in [1.807, 2.05) is 0 Å². The molecule has 0 amide bonds. The van der Waals surface area contributed by atoms with Gasteiger partial charge in [0.15, 0.2) is 0 Å². The van der Waals surface area contributed by atoms with Crippen LogP contribution in [0.15, 0.2) is 12.1 Å².